The molecule has 1 rings (SSSR count). The van der Waals surface area contributed by atoms with Crippen LogP contribution in [0.4, 0.5) is 0 Å². The van der Waals surface area contributed by atoms with Gasteiger partial charge < -0.3 is 10.4 Å². The van der Waals surface area contributed by atoms with Gasteiger partial charge in [0.15, 0.2) is 0 Å². The van der Waals surface area contributed by atoms with Crippen molar-refractivity contribution in [2.45, 2.75) is 32.3 Å². The number of aliphatic hydroxyl groups is 1. The molecule has 0 fully saturated rings. The van der Waals surface area contributed by atoms with Gasteiger partial charge in [0.05, 0.1) is 6.10 Å². The van der Waals surface area contributed by atoms with Crippen LogP contribution in [0.15, 0.2) is 24.3 Å². The fourth-order valence-corrected chi connectivity index (χ4v) is 1.64. The summed E-state index contributed by atoms with van der Waals surface area (Å²) in [4.78, 5) is 0. The second kappa shape index (κ2) is 6.59. The van der Waals surface area contributed by atoms with Crippen LogP contribution in [0, 0.1) is 0 Å². The molecule has 0 bridgehead atoms. The highest BCUT2D eigenvalue weighted by Crippen LogP contribution is 2.17. The second-order valence-electron chi connectivity index (χ2n) is 3.90. The molecule has 0 spiro atoms. The maximum absolute atomic E-state index is 9.83. The Bertz CT molecular complexity index is 268. The first-order valence-corrected chi connectivity index (χ1v) is 5.69. The molecule has 0 saturated carbocycles. The molecule has 0 radical (unpaired) electrons. The van der Waals surface area contributed by atoms with Gasteiger partial charge in [-0.05, 0) is 37.6 Å². The zero-order valence-electron chi connectivity index (χ0n) is 9.66. The Morgan fingerprint density at radius 3 is 2.47 bits per heavy atom. The maximum atomic E-state index is 9.83. The van der Waals surface area contributed by atoms with E-state index < -0.39 is 0 Å². The summed E-state index contributed by atoms with van der Waals surface area (Å²) in [7, 11) is 1.90. The van der Waals surface area contributed by atoms with Crippen LogP contribution in [-0.4, -0.2) is 18.7 Å². The predicted octanol–water partition coefficient (Wildman–Crippen LogP) is 2.28. The van der Waals surface area contributed by atoms with E-state index in [2.05, 4.69) is 24.4 Å². The van der Waals surface area contributed by atoms with E-state index in [1.807, 2.05) is 19.2 Å². The molecule has 0 aromatic heterocycles. The van der Waals surface area contributed by atoms with Crippen LogP contribution in [0.5, 0.6) is 0 Å². The van der Waals surface area contributed by atoms with Crippen LogP contribution in [0.3, 0.4) is 0 Å². The summed E-state index contributed by atoms with van der Waals surface area (Å²) in [6.45, 7) is 3.02. The summed E-state index contributed by atoms with van der Waals surface area (Å²) >= 11 is 0. The molecule has 0 aliphatic rings. The van der Waals surface area contributed by atoms with Gasteiger partial charge in [-0.15, -0.1) is 0 Å². The fraction of sp³-hybridized carbons (Fsp3) is 0.538. The largest absolute Gasteiger partial charge is 0.388 e. The molecule has 1 atom stereocenters. The van der Waals surface area contributed by atoms with E-state index in [0.29, 0.717) is 0 Å². The van der Waals surface area contributed by atoms with Crippen LogP contribution in [0.1, 0.15) is 37.0 Å². The molecular weight excluding hydrogens is 186 g/mol. The average Bonchev–Trinajstić information content (AvgIpc) is 2.27. The molecule has 1 aromatic rings. The molecule has 0 heterocycles. The van der Waals surface area contributed by atoms with Gasteiger partial charge >= 0.3 is 0 Å². The molecule has 0 amide bonds. The van der Waals surface area contributed by atoms with Crippen molar-refractivity contribution < 1.29 is 5.11 Å². The highest BCUT2D eigenvalue weighted by atomic mass is 16.3. The Hall–Kier alpha value is -0.860. The summed E-state index contributed by atoms with van der Waals surface area (Å²) in [6, 6.07) is 8.29. The van der Waals surface area contributed by atoms with Crippen molar-refractivity contribution in [2.75, 3.05) is 13.6 Å². The lowest BCUT2D eigenvalue weighted by Gasteiger charge is -2.11. The molecule has 1 unspecified atom stereocenters. The van der Waals surface area contributed by atoms with Crippen LogP contribution < -0.4 is 5.32 Å². The lowest BCUT2D eigenvalue weighted by Crippen LogP contribution is -2.11. The van der Waals surface area contributed by atoms with E-state index in [-0.39, 0.29) is 6.10 Å². The topological polar surface area (TPSA) is 32.3 Å². The van der Waals surface area contributed by atoms with Crippen LogP contribution in [-0.2, 0) is 6.42 Å². The average molecular weight is 207 g/mol. The van der Waals surface area contributed by atoms with Crippen molar-refractivity contribution in [2.24, 2.45) is 0 Å². The van der Waals surface area contributed by atoms with Crippen molar-refractivity contribution in [1.82, 2.24) is 5.32 Å². The fourth-order valence-electron chi connectivity index (χ4n) is 1.64. The first-order chi connectivity index (χ1) is 7.27. The van der Waals surface area contributed by atoms with Gasteiger partial charge in [-0.2, -0.15) is 0 Å². The molecule has 1 aromatic carbocycles. The van der Waals surface area contributed by atoms with Gasteiger partial charge in [-0.3, -0.25) is 0 Å². The SMILES string of the molecule is CCCc1ccc(C(O)CCNC)cc1. The first kappa shape index (κ1) is 12.2. The summed E-state index contributed by atoms with van der Waals surface area (Å²) in [5.41, 5.74) is 2.37. The van der Waals surface area contributed by atoms with Gasteiger partial charge in [0.2, 0.25) is 0 Å². The molecule has 0 saturated heterocycles. The summed E-state index contributed by atoms with van der Waals surface area (Å²) in [5.74, 6) is 0. The molecule has 2 nitrogen and oxygen atoms in total. The van der Waals surface area contributed by atoms with Crippen molar-refractivity contribution in [3.63, 3.8) is 0 Å². The lowest BCUT2D eigenvalue weighted by atomic mass is 10.0. The van der Waals surface area contributed by atoms with Gasteiger partial charge in [0.25, 0.3) is 0 Å². The minimum Gasteiger partial charge on any atom is -0.388 e. The third-order valence-corrected chi connectivity index (χ3v) is 2.57. The number of aryl methyl sites for hydroxylation is 1. The van der Waals surface area contributed by atoms with Crippen LogP contribution in [0.2, 0.25) is 0 Å². The number of nitrogens with one attached hydrogen (secondary N) is 1. The van der Waals surface area contributed by atoms with Gasteiger partial charge in [0, 0.05) is 0 Å². The van der Waals surface area contributed by atoms with Crippen LogP contribution in [0.25, 0.3) is 0 Å². The molecular formula is C13H21NO. The highest BCUT2D eigenvalue weighted by molar-refractivity contribution is 5.24. The van der Waals surface area contributed by atoms with E-state index >= 15 is 0 Å². The van der Waals surface area contributed by atoms with E-state index in [9.17, 15) is 5.11 Å². The molecule has 0 aliphatic heterocycles. The molecule has 15 heavy (non-hydrogen) atoms. The van der Waals surface area contributed by atoms with Crippen LogP contribution >= 0.6 is 0 Å². The third-order valence-electron chi connectivity index (χ3n) is 2.57. The quantitative estimate of drug-likeness (QED) is 0.750. The van der Waals surface area contributed by atoms with E-state index in [4.69, 9.17) is 0 Å². The number of rotatable bonds is 6. The Labute approximate surface area is 92.3 Å². The smallest absolute Gasteiger partial charge is 0.0802 e. The number of hydrogen-bond acceptors (Lipinski definition) is 2. The number of benzene rings is 1. The minimum absolute atomic E-state index is 0.340. The van der Waals surface area contributed by atoms with E-state index in [1.54, 1.807) is 0 Å². The normalized spacial score (nSPS) is 12.7. The highest BCUT2D eigenvalue weighted by Gasteiger charge is 2.05. The molecule has 2 heteroatoms. The Balaban J connectivity index is 2.54. The van der Waals surface area contributed by atoms with Gasteiger partial charge in [0.1, 0.15) is 0 Å². The molecule has 2 N–H and O–H groups in total. The number of aliphatic hydroxyl groups excluding tert-OH is 1. The summed E-state index contributed by atoms with van der Waals surface area (Å²) in [6.07, 6.45) is 2.71. The van der Waals surface area contributed by atoms with Crippen molar-refractivity contribution in [1.29, 1.82) is 0 Å². The lowest BCUT2D eigenvalue weighted by molar-refractivity contribution is 0.167. The van der Waals surface area contributed by atoms with Crippen molar-refractivity contribution >= 4 is 0 Å². The monoisotopic (exact) mass is 207 g/mol. The van der Waals surface area contributed by atoms with Gasteiger partial charge in [-0.25, -0.2) is 0 Å². The predicted molar refractivity (Wildman–Crippen MR) is 63.9 cm³/mol. The summed E-state index contributed by atoms with van der Waals surface area (Å²) in [5, 5.41) is 12.9. The van der Waals surface area contributed by atoms with E-state index in [0.717, 1.165) is 24.9 Å². The maximum Gasteiger partial charge on any atom is 0.0802 e. The van der Waals surface area contributed by atoms with Crippen molar-refractivity contribution in [3.05, 3.63) is 35.4 Å². The van der Waals surface area contributed by atoms with Crippen molar-refractivity contribution in [3.8, 4) is 0 Å². The first-order valence-electron chi connectivity index (χ1n) is 5.69. The molecule has 84 valence electrons. The molecule has 0 aliphatic carbocycles. The second-order valence-corrected chi connectivity index (χ2v) is 3.90. The Morgan fingerprint density at radius 2 is 1.93 bits per heavy atom. The zero-order valence-corrected chi connectivity index (χ0v) is 9.66. The summed E-state index contributed by atoms with van der Waals surface area (Å²) < 4.78 is 0. The third kappa shape index (κ3) is 4.02. The van der Waals surface area contributed by atoms with Gasteiger partial charge in [-0.1, -0.05) is 37.6 Å². The van der Waals surface area contributed by atoms with E-state index in [1.165, 1.54) is 12.0 Å². The minimum atomic E-state index is -0.340. The number of hydrogen-bond donors (Lipinski definition) is 2. The standard InChI is InChI=1S/C13H21NO/c1-3-4-11-5-7-12(8-6-11)13(15)9-10-14-2/h5-8,13-15H,3-4,9-10H2,1-2H3. The zero-order chi connectivity index (χ0) is 11.1. The Kier molecular flexibility index (Phi) is 5.37. The Morgan fingerprint density at radius 1 is 1.27 bits per heavy atom.